The molecule has 4 nitrogen and oxygen atoms in total. The lowest BCUT2D eigenvalue weighted by Crippen LogP contribution is -1.97. The van der Waals surface area contributed by atoms with Crippen LogP contribution in [0.2, 0.25) is 0 Å². The number of hydrogen-bond acceptors (Lipinski definition) is 4. The minimum Gasteiger partial charge on any atom is -0.480 e. The van der Waals surface area contributed by atoms with E-state index < -0.39 is 0 Å². The number of hydrogen-bond donors (Lipinski definition) is 0. The number of halogens is 2. The first kappa shape index (κ1) is 11.1. The summed E-state index contributed by atoms with van der Waals surface area (Å²) < 4.78 is 23.7. The van der Waals surface area contributed by atoms with Crippen LogP contribution < -0.4 is 9.47 Å². The third-order valence-electron chi connectivity index (χ3n) is 2.06. The maximum absolute atomic E-state index is 13.4. The third kappa shape index (κ3) is 1.80. The van der Waals surface area contributed by atoms with Crippen molar-refractivity contribution in [1.82, 2.24) is 9.97 Å². The van der Waals surface area contributed by atoms with Gasteiger partial charge in [0, 0.05) is 0 Å². The number of nitrogens with zero attached hydrogens (tertiary/aromatic N) is 2. The van der Waals surface area contributed by atoms with Crippen molar-refractivity contribution in [2.24, 2.45) is 0 Å². The molecule has 1 aromatic heterocycles. The lowest BCUT2D eigenvalue weighted by molar-refractivity contribution is 0.357. The van der Waals surface area contributed by atoms with E-state index in [2.05, 4.69) is 25.9 Å². The topological polar surface area (TPSA) is 44.2 Å². The van der Waals surface area contributed by atoms with Crippen molar-refractivity contribution in [1.29, 1.82) is 0 Å². The molecule has 2 rings (SSSR count). The van der Waals surface area contributed by atoms with Crippen molar-refractivity contribution in [2.75, 3.05) is 14.2 Å². The Hall–Kier alpha value is -1.43. The van der Waals surface area contributed by atoms with Gasteiger partial charge in [-0.05, 0) is 28.1 Å². The highest BCUT2D eigenvalue weighted by Crippen LogP contribution is 2.29. The van der Waals surface area contributed by atoms with Gasteiger partial charge in [0.2, 0.25) is 5.88 Å². The monoisotopic (exact) mass is 286 g/mol. The van der Waals surface area contributed by atoms with Crippen molar-refractivity contribution >= 4 is 26.8 Å². The summed E-state index contributed by atoms with van der Waals surface area (Å²) in [5.74, 6) is -0.104. The first-order chi connectivity index (χ1) is 7.65. The smallest absolute Gasteiger partial charge is 0.320 e. The van der Waals surface area contributed by atoms with Gasteiger partial charge in [-0.15, -0.1) is 0 Å². The van der Waals surface area contributed by atoms with E-state index in [4.69, 9.17) is 9.47 Å². The van der Waals surface area contributed by atoms with Crippen LogP contribution in [-0.4, -0.2) is 24.2 Å². The van der Waals surface area contributed by atoms with Gasteiger partial charge in [0.1, 0.15) is 5.82 Å². The fraction of sp³-hybridized carbons (Fsp3) is 0.200. The lowest BCUT2D eigenvalue weighted by Gasteiger charge is -2.06. The maximum Gasteiger partial charge on any atom is 0.320 e. The minimum atomic E-state index is -0.389. The molecule has 84 valence electrons. The zero-order chi connectivity index (χ0) is 11.7. The fourth-order valence-corrected chi connectivity index (χ4v) is 1.65. The quantitative estimate of drug-likeness (QED) is 0.851. The van der Waals surface area contributed by atoms with Gasteiger partial charge in [0.15, 0.2) is 0 Å². The molecule has 0 saturated heterocycles. The second-order valence-electron chi connectivity index (χ2n) is 3.00. The predicted octanol–water partition coefficient (Wildman–Crippen LogP) is 2.55. The molecule has 0 amide bonds. The Balaban J connectivity index is 2.79. The Kier molecular flexibility index (Phi) is 2.91. The second kappa shape index (κ2) is 4.21. The van der Waals surface area contributed by atoms with Crippen LogP contribution in [0, 0.1) is 5.82 Å². The first-order valence-electron chi connectivity index (χ1n) is 4.40. The molecule has 0 unspecified atom stereocenters. The summed E-state index contributed by atoms with van der Waals surface area (Å²) >= 11 is 3.09. The van der Waals surface area contributed by atoms with Gasteiger partial charge in [-0.2, -0.15) is 9.97 Å². The molecule has 0 aliphatic carbocycles. The van der Waals surface area contributed by atoms with E-state index in [1.54, 1.807) is 6.07 Å². The number of aromatic nitrogens is 2. The summed E-state index contributed by atoms with van der Waals surface area (Å²) in [6.45, 7) is 0. The van der Waals surface area contributed by atoms with Gasteiger partial charge in [-0.25, -0.2) is 4.39 Å². The molecule has 1 aromatic carbocycles. The summed E-state index contributed by atoms with van der Waals surface area (Å²) in [4.78, 5) is 8.07. The van der Waals surface area contributed by atoms with Crippen molar-refractivity contribution in [3.05, 3.63) is 22.4 Å². The number of fused-ring (bicyclic) bond motifs is 1. The van der Waals surface area contributed by atoms with Crippen LogP contribution in [0.4, 0.5) is 4.39 Å². The molecule has 2 aromatic rings. The fourth-order valence-electron chi connectivity index (χ4n) is 1.32. The van der Waals surface area contributed by atoms with E-state index in [0.29, 0.717) is 15.4 Å². The molecule has 0 aliphatic heterocycles. The Labute approximate surface area is 99.5 Å². The molecule has 6 heteroatoms. The molecule has 0 bridgehead atoms. The Morgan fingerprint density at radius 2 is 1.94 bits per heavy atom. The van der Waals surface area contributed by atoms with Gasteiger partial charge in [-0.1, -0.05) is 0 Å². The highest BCUT2D eigenvalue weighted by Gasteiger charge is 2.11. The van der Waals surface area contributed by atoms with Crippen molar-refractivity contribution < 1.29 is 13.9 Å². The van der Waals surface area contributed by atoms with E-state index in [1.165, 1.54) is 20.3 Å². The summed E-state index contributed by atoms with van der Waals surface area (Å²) in [5.41, 5.74) is 0.553. The third-order valence-corrected chi connectivity index (χ3v) is 2.67. The Morgan fingerprint density at radius 3 is 2.56 bits per heavy atom. The minimum absolute atomic E-state index is 0.183. The van der Waals surface area contributed by atoms with Gasteiger partial charge in [0.05, 0.1) is 29.6 Å². The average Bonchev–Trinajstić information content (AvgIpc) is 2.29. The molecule has 1 heterocycles. The number of benzene rings is 1. The molecule has 0 atom stereocenters. The molecule has 0 aliphatic rings. The van der Waals surface area contributed by atoms with Crippen LogP contribution in [-0.2, 0) is 0 Å². The van der Waals surface area contributed by atoms with E-state index >= 15 is 0 Å². The van der Waals surface area contributed by atoms with Crippen LogP contribution in [0.1, 0.15) is 0 Å². The summed E-state index contributed by atoms with van der Waals surface area (Å²) in [5, 5.41) is 0.504. The van der Waals surface area contributed by atoms with Crippen LogP contribution in [0.15, 0.2) is 16.6 Å². The van der Waals surface area contributed by atoms with Gasteiger partial charge >= 0.3 is 6.01 Å². The van der Waals surface area contributed by atoms with Crippen molar-refractivity contribution in [2.45, 2.75) is 0 Å². The maximum atomic E-state index is 13.4. The zero-order valence-corrected chi connectivity index (χ0v) is 10.2. The molecule has 0 saturated carbocycles. The van der Waals surface area contributed by atoms with Crippen LogP contribution >= 0.6 is 15.9 Å². The Bertz CT molecular complexity index is 548. The number of ether oxygens (including phenoxy) is 2. The second-order valence-corrected chi connectivity index (χ2v) is 3.86. The highest BCUT2D eigenvalue weighted by atomic mass is 79.9. The number of methoxy groups -OCH3 is 2. The van der Waals surface area contributed by atoms with Crippen molar-refractivity contribution in [3.63, 3.8) is 0 Å². The van der Waals surface area contributed by atoms with Crippen LogP contribution in [0.25, 0.3) is 10.9 Å². The summed E-state index contributed by atoms with van der Waals surface area (Å²) in [7, 11) is 2.92. The molecule has 0 spiro atoms. The van der Waals surface area contributed by atoms with Gasteiger partial charge in [0.25, 0.3) is 0 Å². The molecule has 0 N–H and O–H groups in total. The zero-order valence-electron chi connectivity index (χ0n) is 8.62. The van der Waals surface area contributed by atoms with Gasteiger partial charge in [-0.3, -0.25) is 0 Å². The SMILES string of the molecule is COc1nc(OC)c2cc(F)c(Br)cc2n1. The normalized spacial score (nSPS) is 10.5. The average molecular weight is 287 g/mol. The van der Waals surface area contributed by atoms with Crippen LogP contribution in [0.5, 0.6) is 11.9 Å². The highest BCUT2D eigenvalue weighted by molar-refractivity contribution is 9.10. The number of rotatable bonds is 2. The van der Waals surface area contributed by atoms with Crippen LogP contribution in [0.3, 0.4) is 0 Å². The molecule has 0 radical (unpaired) electrons. The molecule has 16 heavy (non-hydrogen) atoms. The largest absolute Gasteiger partial charge is 0.480 e. The summed E-state index contributed by atoms with van der Waals surface area (Å²) in [6.07, 6.45) is 0. The lowest BCUT2D eigenvalue weighted by atomic mass is 10.2. The van der Waals surface area contributed by atoms with E-state index in [-0.39, 0.29) is 17.7 Å². The first-order valence-corrected chi connectivity index (χ1v) is 5.19. The molecular formula is C10H8BrFN2O2. The molecular weight excluding hydrogens is 279 g/mol. The predicted molar refractivity (Wildman–Crippen MR) is 60.3 cm³/mol. The molecule has 0 fully saturated rings. The van der Waals surface area contributed by atoms with E-state index in [9.17, 15) is 4.39 Å². The summed E-state index contributed by atoms with van der Waals surface area (Å²) in [6, 6.07) is 3.05. The standard InChI is InChI=1S/C10H8BrFN2O2/c1-15-9-5-3-7(12)6(11)4-8(5)13-10(14-9)16-2/h3-4H,1-2H3. The van der Waals surface area contributed by atoms with E-state index in [1.807, 2.05) is 0 Å². The Morgan fingerprint density at radius 1 is 1.19 bits per heavy atom. The van der Waals surface area contributed by atoms with Crippen molar-refractivity contribution in [3.8, 4) is 11.9 Å². The van der Waals surface area contributed by atoms with Gasteiger partial charge < -0.3 is 9.47 Å². The van der Waals surface area contributed by atoms with E-state index in [0.717, 1.165) is 0 Å².